The molecule has 7 nitrogen and oxygen atoms in total. The molecule has 0 aromatic rings. The second-order valence-electron chi connectivity index (χ2n) is 9.03. The minimum atomic E-state index is -1.22. The highest BCUT2D eigenvalue weighted by atomic mass is 28.3. The highest BCUT2D eigenvalue weighted by Crippen LogP contribution is 2.25. The summed E-state index contributed by atoms with van der Waals surface area (Å²) in [6.07, 6.45) is -0.524. The quantitative estimate of drug-likeness (QED) is 0.399. The Bertz CT molecular complexity index is 562. The molecule has 0 aromatic carbocycles. The number of rotatable bonds is 7. The zero-order valence-electron chi connectivity index (χ0n) is 17.8. The monoisotopic (exact) mass is 401 g/mol. The molecule has 0 saturated carbocycles. The first-order chi connectivity index (χ1) is 12.3. The van der Waals surface area contributed by atoms with Gasteiger partial charge in [-0.05, 0) is 33.7 Å². The Balaban J connectivity index is 2.89. The molecule has 1 N–H and O–H groups in total. The molecule has 1 rings (SSSR count). The molecule has 0 unspecified atom stereocenters. The number of amides is 1. The third-order valence-corrected chi connectivity index (χ3v) is 5.68. The lowest BCUT2D eigenvalue weighted by Gasteiger charge is -2.34. The molecule has 1 aliphatic rings. The van der Waals surface area contributed by atoms with Gasteiger partial charge in [0.1, 0.15) is 11.4 Å². The Morgan fingerprint density at radius 2 is 1.89 bits per heavy atom. The molecule has 1 amide bonds. The molecule has 0 saturated heterocycles. The number of esters is 1. The standard InChI is InChI=1S/C19H35NO6Si/c1-8-25-17(22)15-12-20(18(23)26-19(2,3)4)11-14(16(15)21)13-24-9-10-27(5,6)7/h14,21H,8-13H2,1-7H3/t14-/m1/s1. The van der Waals surface area contributed by atoms with E-state index in [0.717, 1.165) is 6.04 Å². The van der Waals surface area contributed by atoms with E-state index >= 15 is 0 Å². The number of hydrogen-bond acceptors (Lipinski definition) is 6. The normalized spacial score (nSPS) is 18.5. The first-order valence-electron chi connectivity index (χ1n) is 9.49. The molecule has 0 fully saturated rings. The van der Waals surface area contributed by atoms with Crippen LogP contribution in [0, 0.1) is 5.92 Å². The van der Waals surface area contributed by atoms with Gasteiger partial charge in [0.15, 0.2) is 0 Å². The van der Waals surface area contributed by atoms with Crippen LogP contribution in [-0.4, -0.2) is 68.7 Å². The maximum absolute atomic E-state index is 12.5. The van der Waals surface area contributed by atoms with Crippen molar-refractivity contribution in [1.29, 1.82) is 0 Å². The third kappa shape index (κ3) is 8.34. The van der Waals surface area contributed by atoms with E-state index in [0.29, 0.717) is 6.61 Å². The smallest absolute Gasteiger partial charge is 0.410 e. The maximum Gasteiger partial charge on any atom is 0.410 e. The fourth-order valence-electron chi connectivity index (χ4n) is 2.52. The molecule has 1 atom stereocenters. The number of carbonyl (C=O) groups is 2. The van der Waals surface area contributed by atoms with Crippen LogP contribution in [0.4, 0.5) is 4.79 Å². The van der Waals surface area contributed by atoms with Crippen molar-refractivity contribution in [1.82, 2.24) is 4.90 Å². The summed E-state index contributed by atoms with van der Waals surface area (Å²) in [4.78, 5) is 26.1. The van der Waals surface area contributed by atoms with Crippen LogP contribution in [0.5, 0.6) is 0 Å². The van der Waals surface area contributed by atoms with Crippen molar-refractivity contribution in [2.24, 2.45) is 5.92 Å². The Hall–Kier alpha value is -1.54. The minimum Gasteiger partial charge on any atom is -0.511 e. The summed E-state index contributed by atoms with van der Waals surface area (Å²) in [5.74, 6) is -1.15. The number of aliphatic hydroxyl groups excluding tert-OH is 1. The minimum absolute atomic E-state index is 0.0367. The molecule has 156 valence electrons. The molecular weight excluding hydrogens is 366 g/mol. The number of aliphatic hydroxyl groups is 1. The summed E-state index contributed by atoms with van der Waals surface area (Å²) in [7, 11) is -1.22. The molecule has 27 heavy (non-hydrogen) atoms. The van der Waals surface area contributed by atoms with Crippen LogP contribution >= 0.6 is 0 Å². The van der Waals surface area contributed by atoms with Crippen LogP contribution in [-0.2, 0) is 19.0 Å². The molecule has 8 heteroatoms. The van der Waals surface area contributed by atoms with E-state index in [1.807, 2.05) is 0 Å². The summed E-state index contributed by atoms with van der Waals surface area (Å²) in [5.41, 5.74) is -0.555. The molecule has 0 aromatic heterocycles. The predicted octanol–water partition coefficient (Wildman–Crippen LogP) is 3.58. The van der Waals surface area contributed by atoms with Crippen molar-refractivity contribution < 1.29 is 28.9 Å². The van der Waals surface area contributed by atoms with Crippen molar-refractivity contribution in [2.45, 2.75) is 59.0 Å². The topological polar surface area (TPSA) is 85.3 Å². The van der Waals surface area contributed by atoms with Crippen LogP contribution in [0.3, 0.4) is 0 Å². The lowest BCUT2D eigenvalue weighted by Crippen LogP contribution is -2.46. The summed E-state index contributed by atoms with van der Waals surface area (Å²) in [6.45, 7) is 15.1. The van der Waals surface area contributed by atoms with Gasteiger partial charge in [-0.15, -0.1) is 0 Å². The fraction of sp³-hybridized carbons (Fsp3) is 0.789. The highest BCUT2D eigenvalue weighted by Gasteiger charge is 2.36. The van der Waals surface area contributed by atoms with E-state index in [1.165, 1.54) is 4.90 Å². The van der Waals surface area contributed by atoms with E-state index in [9.17, 15) is 14.7 Å². The predicted molar refractivity (Wildman–Crippen MR) is 107 cm³/mol. The summed E-state index contributed by atoms with van der Waals surface area (Å²) < 4.78 is 16.2. The van der Waals surface area contributed by atoms with Crippen molar-refractivity contribution in [3.63, 3.8) is 0 Å². The van der Waals surface area contributed by atoms with Gasteiger partial charge in [-0.3, -0.25) is 0 Å². The molecule has 0 radical (unpaired) electrons. The van der Waals surface area contributed by atoms with Crippen LogP contribution < -0.4 is 0 Å². The van der Waals surface area contributed by atoms with Gasteiger partial charge in [0.2, 0.25) is 0 Å². The molecule has 1 aliphatic heterocycles. The molecule has 1 heterocycles. The number of carbonyl (C=O) groups excluding carboxylic acids is 2. The highest BCUT2D eigenvalue weighted by molar-refractivity contribution is 6.76. The third-order valence-electron chi connectivity index (χ3n) is 3.97. The Morgan fingerprint density at radius 3 is 2.41 bits per heavy atom. The second-order valence-corrected chi connectivity index (χ2v) is 14.6. The van der Waals surface area contributed by atoms with Crippen LogP contribution in [0.15, 0.2) is 11.3 Å². The Labute approximate surface area is 163 Å². The molecular formula is C19H35NO6Si. The summed E-state index contributed by atoms with van der Waals surface area (Å²) in [6, 6.07) is 1.00. The lowest BCUT2D eigenvalue weighted by molar-refractivity contribution is -0.139. The van der Waals surface area contributed by atoms with Gasteiger partial charge in [-0.25, -0.2) is 9.59 Å². The first kappa shape index (κ1) is 23.5. The van der Waals surface area contributed by atoms with Crippen molar-refractivity contribution in [3.8, 4) is 0 Å². The van der Waals surface area contributed by atoms with Crippen LogP contribution in [0.1, 0.15) is 27.7 Å². The zero-order valence-corrected chi connectivity index (χ0v) is 18.8. The molecule has 0 aliphatic carbocycles. The van der Waals surface area contributed by atoms with E-state index in [2.05, 4.69) is 19.6 Å². The molecule has 0 spiro atoms. The van der Waals surface area contributed by atoms with E-state index in [1.54, 1.807) is 27.7 Å². The maximum atomic E-state index is 12.5. The summed E-state index contributed by atoms with van der Waals surface area (Å²) >= 11 is 0. The van der Waals surface area contributed by atoms with E-state index in [4.69, 9.17) is 14.2 Å². The Kier molecular flexibility index (Phi) is 8.35. The first-order valence-corrected chi connectivity index (χ1v) is 13.2. The van der Waals surface area contributed by atoms with E-state index < -0.39 is 31.7 Å². The number of hydrogen-bond donors (Lipinski definition) is 1. The van der Waals surface area contributed by atoms with Gasteiger partial charge in [0, 0.05) is 21.2 Å². The number of nitrogens with zero attached hydrogens (tertiary/aromatic N) is 1. The SMILES string of the molecule is CCOC(=O)C1=C(O)[C@@H](COCC[Si](C)(C)C)CN(C(=O)OC(C)(C)C)C1. The zero-order chi connectivity index (χ0) is 20.8. The van der Waals surface area contributed by atoms with Crippen molar-refractivity contribution in [3.05, 3.63) is 11.3 Å². The summed E-state index contributed by atoms with van der Waals surface area (Å²) in [5, 5.41) is 10.5. The number of ether oxygens (including phenoxy) is 3. The van der Waals surface area contributed by atoms with Crippen molar-refractivity contribution in [2.75, 3.05) is 32.9 Å². The van der Waals surface area contributed by atoms with Gasteiger partial charge < -0.3 is 24.2 Å². The van der Waals surface area contributed by atoms with Gasteiger partial charge in [-0.1, -0.05) is 19.6 Å². The van der Waals surface area contributed by atoms with Crippen LogP contribution in [0.2, 0.25) is 25.7 Å². The second kappa shape index (κ2) is 9.59. The van der Waals surface area contributed by atoms with E-state index in [-0.39, 0.29) is 37.6 Å². The lowest BCUT2D eigenvalue weighted by atomic mass is 9.98. The average Bonchev–Trinajstić information content (AvgIpc) is 2.50. The average molecular weight is 402 g/mol. The van der Waals surface area contributed by atoms with Gasteiger partial charge in [0.05, 0.1) is 31.2 Å². The molecule has 0 bridgehead atoms. The van der Waals surface area contributed by atoms with Gasteiger partial charge >= 0.3 is 12.1 Å². The van der Waals surface area contributed by atoms with Crippen molar-refractivity contribution >= 4 is 20.1 Å². The fourth-order valence-corrected chi connectivity index (χ4v) is 3.28. The Morgan fingerprint density at radius 1 is 1.26 bits per heavy atom. The largest absolute Gasteiger partial charge is 0.511 e. The van der Waals surface area contributed by atoms with Gasteiger partial charge in [0.25, 0.3) is 0 Å². The van der Waals surface area contributed by atoms with Gasteiger partial charge in [-0.2, -0.15) is 0 Å². The van der Waals surface area contributed by atoms with Crippen LogP contribution in [0.25, 0.3) is 0 Å².